The smallest absolute Gasteiger partial charge is 0.315 e. The van der Waals surface area contributed by atoms with Gasteiger partial charge in [-0.05, 0) is 31.5 Å². The summed E-state index contributed by atoms with van der Waals surface area (Å²) in [5.41, 5.74) is 1.09. The molecule has 0 radical (unpaired) electrons. The van der Waals surface area contributed by atoms with E-state index in [4.69, 9.17) is 4.74 Å². The first-order valence-electron chi connectivity index (χ1n) is 7.22. The largest absolute Gasteiger partial charge is 0.376 e. The first kappa shape index (κ1) is 14.8. The number of urea groups is 1. The summed E-state index contributed by atoms with van der Waals surface area (Å²) in [4.78, 5) is 11.6. The van der Waals surface area contributed by atoms with Crippen LogP contribution >= 0.6 is 0 Å². The molecule has 5 nitrogen and oxygen atoms in total. The summed E-state index contributed by atoms with van der Waals surface area (Å²) in [6.45, 7) is 3.71. The minimum Gasteiger partial charge on any atom is -0.376 e. The van der Waals surface area contributed by atoms with Crippen molar-refractivity contribution in [1.29, 1.82) is 0 Å². The van der Waals surface area contributed by atoms with Crippen molar-refractivity contribution >= 4 is 6.03 Å². The molecule has 2 amide bonds. The summed E-state index contributed by atoms with van der Waals surface area (Å²) >= 11 is 0. The molecule has 1 aliphatic rings. The van der Waals surface area contributed by atoms with Crippen LogP contribution in [0.1, 0.15) is 18.4 Å². The molecule has 0 saturated carbocycles. The second-order valence-corrected chi connectivity index (χ2v) is 4.92. The third-order valence-corrected chi connectivity index (χ3v) is 3.32. The van der Waals surface area contributed by atoms with Gasteiger partial charge in [-0.25, -0.2) is 4.79 Å². The lowest BCUT2D eigenvalue weighted by Crippen LogP contribution is -2.38. The number of hydrogen-bond acceptors (Lipinski definition) is 3. The predicted molar refractivity (Wildman–Crippen MR) is 78.5 cm³/mol. The maximum atomic E-state index is 11.6. The van der Waals surface area contributed by atoms with Crippen LogP contribution in [0.25, 0.3) is 0 Å². The van der Waals surface area contributed by atoms with Gasteiger partial charge in [0.2, 0.25) is 0 Å². The summed E-state index contributed by atoms with van der Waals surface area (Å²) in [5.74, 6) is 0. The lowest BCUT2D eigenvalue weighted by atomic mass is 10.1. The van der Waals surface area contributed by atoms with Gasteiger partial charge < -0.3 is 20.7 Å². The Morgan fingerprint density at radius 3 is 2.70 bits per heavy atom. The van der Waals surface area contributed by atoms with E-state index in [1.165, 1.54) is 0 Å². The highest BCUT2D eigenvalue weighted by Crippen LogP contribution is 2.06. The van der Waals surface area contributed by atoms with Crippen molar-refractivity contribution in [3.63, 3.8) is 0 Å². The average molecular weight is 277 g/mol. The quantitative estimate of drug-likeness (QED) is 0.686. The molecule has 0 atom stereocenters. The van der Waals surface area contributed by atoms with Crippen molar-refractivity contribution < 1.29 is 9.53 Å². The van der Waals surface area contributed by atoms with E-state index in [0.717, 1.165) is 31.5 Å². The Balaban J connectivity index is 1.51. The SMILES string of the molecule is O=C(NCCOC1CCNCC1)NCc1ccccc1. The average Bonchev–Trinajstić information content (AvgIpc) is 2.52. The van der Waals surface area contributed by atoms with E-state index in [0.29, 0.717) is 25.8 Å². The van der Waals surface area contributed by atoms with Crippen LogP contribution in [-0.2, 0) is 11.3 Å². The van der Waals surface area contributed by atoms with Crippen LogP contribution in [0.15, 0.2) is 30.3 Å². The minimum absolute atomic E-state index is 0.150. The van der Waals surface area contributed by atoms with Crippen LogP contribution in [0.4, 0.5) is 4.79 Å². The number of amides is 2. The predicted octanol–water partition coefficient (Wildman–Crippen LogP) is 1.25. The van der Waals surface area contributed by atoms with Gasteiger partial charge in [0, 0.05) is 13.1 Å². The van der Waals surface area contributed by atoms with Gasteiger partial charge in [0.1, 0.15) is 0 Å². The van der Waals surface area contributed by atoms with E-state index in [1.807, 2.05) is 30.3 Å². The molecule has 1 aromatic carbocycles. The fraction of sp³-hybridized carbons (Fsp3) is 0.533. The van der Waals surface area contributed by atoms with Gasteiger partial charge in [-0.2, -0.15) is 0 Å². The van der Waals surface area contributed by atoms with E-state index in [9.17, 15) is 4.79 Å². The molecule has 1 fully saturated rings. The van der Waals surface area contributed by atoms with Crippen LogP contribution in [0.2, 0.25) is 0 Å². The number of carbonyl (C=O) groups is 1. The Bertz CT molecular complexity index is 391. The summed E-state index contributed by atoms with van der Waals surface area (Å²) in [6.07, 6.45) is 2.45. The van der Waals surface area contributed by atoms with Crippen molar-refractivity contribution in [2.24, 2.45) is 0 Å². The summed E-state index contributed by atoms with van der Waals surface area (Å²) in [5, 5.41) is 8.92. The van der Waals surface area contributed by atoms with Crippen LogP contribution < -0.4 is 16.0 Å². The minimum atomic E-state index is -0.150. The third-order valence-electron chi connectivity index (χ3n) is 3.32. The first-order chi connectivity index (χ1) is 9.84. The van der Waals surface area contributed by atoms with Crippen LogP contribution in [0, 0.1) is 0 Å². The van der Waals surface area contributed by atoms with Gasteiger partial charge in [0.25, 0.3) is 0 Å². The molecule has 2 rings (SSSR count). The number of nitrogens with one attached hydrogen (secondary N) is 3. The number of hydrogen-bond donors (Lipinski definition) is 3. The fourth-order valence-electron chi connectivity index (χ4n) is 2.19. The molecule has 5 heteroatoms. The highest BCUT2D eigenvalue weighted by atomic mass is 16.5. The Morgan fingerprint density at radius 2 is 1.95 bits per heavy atom. The standard InChI is InChI=1S/C15H23N3O2/c19-15(18-12-13-4-2-1-3-5-13)17-10-11-20-14-6-8-16-9-7-14/h1-5,14,16H,6-12H2,(H2,17,18,19). The van der Waals surface area contributed by atoms with Crippen LogP contribution in [0.3, 0.4) is 0 Å². The van der Waals surface area contributed by atoms with Crippen molar-refractivity contribution in [3.8, 4) is 0 Å². The number of benzene rings is 1. The monoisotopic (exact) mass is 277 g/mol. The van der Waals surface area contributed by atoms with Crippen LogP contribution in [0.5, 0.6) is 0 Å². The van der Waals surface area contributed by atoms with Gasteiger partial charge in [-0.1, -0.05) is 30.3 Å². The Morgan fingerprint density at radius 1 is 1.20 bits per heavy atom. The van der Waals surface area contributed by atoms with E-state index >= 15 is 0 Å². The first-order valence-corrected chi connectivity index (χ1v) is 7.22. The summed E-state index contributed by atoms with van der Waals surface area (Å²) in [7, 11) is 0. The second-order valence-electron chi connectivity index (χ2n) is 4.92. The zero-order valence-corrected chi connectivity index (χ0v) is 11.7. The van der Waals surface area contributed by atoms with Crippen molar-refractivity contribution in [3.05, 3.63) is 35.9 Å². The molecule has 3 N–H and O–H groups in total. The summed E-state index contributed by atoms with van der Waals surface area (Å²) < 4.78 is 5.71. The molecule has 20 heavy (non-hydrogen) atoms. The van der Waals surface area contributed by atoms with E-state index in [2.05, 4.69) is 16.0 Å². The molecule has 110 valence electrons. The molecule has 0 unspecified atom stereocenters. The zero-order chi connectivity index (χ0) is 14.0. The number of piperidine rings is 1. The zero-order valence-electron chi connectivity index (χ0n) is 11.7. The lowest BCUT2D eigenvalue weighted by molar-refractivity contribution is 0.0357. The normalized spacial score (nSPS) is 15.8. The molecule has 1 saturated heterocycles. The Hall–Kier alpha value is -1.59. The van der Waals surface area contributed by atoms with Crippen LogP contribution in [-0.4, -0.2) is 38.4 Å². The molecule has 1 aromatic rings. The highest BCUT2D eigenvalue weighted by molar-refractivity contribution is 5.73. The molecule has 1 aliphatic heterocycles. The van der Waals surface area contributed by atoms with Crippen molar-refractivity contribution in [1.82, 2.24) is 16.0 Å². The molecule has 0 bridgehead atoms. The summed E-state index contributed by atoms with van der Waals surface area (Å²) in [6, 6.07) is 9.70. The van der Waals surface area contributed by atoms with Gasteiger partial charge in [-0.3, -0.25) is 0 Å². The molecule has 1 heterocycles. The van der Waals surface area contributed by atoms with E-state index in [1.54, 1.807) is 0 Å². The van der Waals surface area contributed by atoms with Crippen molar-refractivity contribution in [2.75, 3.05) is 26.2 Å². The Labute approximate surface area is 120 Å². The molecule has 0 aromatic heterocycles. The lowest BCUT2D eigenvalue weighted by Gasteiger charge is -2.22. The van der Waals surface area contributed by atoms with E-state index < -0.39 is 0 Å². The van der Waals surface area contributed by atoms with Gasteiger partial charge in [0.05, 0.1) is 12.7 Å². The maximum Gasteiger partial charge on any atom is 0.315 e. The molecule has 0 spiro atoms. The van der Waals surface area contributed by atoms with Gasteiger partial charge in [-0.15, -0.1) is 0 Å². The molecule has 0 aliphatic carbocycles. The number of rotatable bonds is 6. The number of ether oxygens (including phenoxy) is 1. The molecular weight excluding hydrogens is 254 g/mol. The second kappa shape index (κ2) is 8.55. The number of carbonyl (C=O) groups excluding carboxylic acids is 1. The topological polar surface area (TPSA) is 62.4 Å². The highest BCUT2D eigenvalue weighted by Gasteiger charge is 2.12. The fourth-order valence-corrected chi connectivity index (χ4v) is 2.19. The third kappa shape index (κ3) is 5.59. The molecular formula is C15H23N3O2. The Kier molecular flexibility index (Phi) is 6.34. The van der Waals surface area contributed by atoms with Crippen molar-refractivity contribution in [2.45, 2.75) is 25.5 Å². The van der Waals surface area contributed by atoms with E-state index in [-0.39, 0.29) is 6.03 Å². The maximum absolute atomic E-state index is 11.6. The van der Waals surface area contributed by atoms with Gasteiger partial charge in [0.15, 0.2) is 0 Å². The van der Waals surface area contributed by atoms with Gasteiger partial charge >= 0.3 is 6.03 Å².